The first kappa shape index (κ1) is 50.8. The van der Waals surface area contributed by atoms with E-state index in [1.807, 2.05) is 0 Å². The van der Waals surface area contributed by atoms with E-state index in [1.165, 1.54) is 156 Å². The number of anilines is 6. The lowest BCUT2D eigenvalue weighted by Gasteiger charge is -2.33. The van der Waals surface area contributed by atoms with Crippen molar-refractivity contribution in [3.05, 3.63) is 315 Å². The summed E-state index contributed by atoms with van der Waals surface area (Å²) < 4.78 is 0. The van der Waals surface area contributed by atoms with E-state index < -0.39 is 5.41 Å². The predicted octanol–water partition coefficient (Wildman–Crippen LogP) is 22.3. The van der Waals surface area contributed by atoms with Gasteiger partial charge in [0, 0.05) is 55.5 Å². The van der Waals surface area contributed by atoms with Crippen molar-refractivity contribution in [2.24, 2.45) is 0 Å². The highest BCUT2D eigenvalue weighted by atomic mass is 15.2. The van der Waals surface area contributed by atoms with Gasteiger partial charge in [0.25, 0.3) is 0 Å². The average molecular weight is 1120 g/mol. The van der Waals surface area contributed by atoms with Gasteiger partial charge in [-0.3, -0.25) is 0 Å². The Morgan fingerprint density at radius 3 is 1.00 bits per heavy atom. The highest BCUT2D eigenvalue weighted by Crippen LogP contribution is 2.67. The molecule has 418 valence electrons. The third kappa shape index (κ3) is 6.45. The number of benzene rings is 11. The van der Waals surface area contributed by atoms with E-state index in [2.05, 4.69) is 308 Å². The second-order valence-corrected chi connectivity index (χ2v) is 27.8. The van der Waals surface area contributed by atoms with Crippen molar-refractivity contribution in [2.75, 3.05) is 9.80 Å². The summed E-state index contributed by atoms with van der Waals surface area (Å²) in [5.41, 5.74) is 38.1. The molecule has 0 fully saturated rings. The van der Waals surface area contributed by atoms with E-state index in [-0.39, 0.29) is 21.7 Å². The van der Waals surface area contributed by atoms with Crippen LogP contribution >= 0.6 is 0 Å². The van der Waals surface area contributed by atoms with Crippen molar-refractivity contribution >= 4 is 39.7 Å². The molecule has 0 saturated heterocycles. The number of rotatable bonds is 6. The molecule has 2 nitrogen and oxygen atoms in total. The van der Waals surface area contributed by atoms with Gasteiger partial charge in [-0.2, -0.15) is 0 Å². The molecule has 11 aromatic carbocycles. The molecule has 2 heteroatoms. The van der Waals surface area contributed by atoms with Crippen molar-refractivity contribution in [2.45, 2.75) is 95.3 Å². The maximum Gasteiger partial charge on any atom is 0.0727 e. The van der Waals surface area contributed by atoms with Crippen molar-refractivity contribution in [1.82, 2.24) is 0 Å². The van der Waals surface area contributed by atoms with Gasteiger partial charge in [-0.1, -0.05) is 237 Å². The third-order valence-electron chi connectivity index (χ3n) is 22.2. The molecule has 18 rings (SSSR count). The second kappa shape index (κ2) is 17.4. The lowest BCUT2D eigenvalue weighted by molar-refractivity contribution is 0.651. The molecule has 0 N–H and O–H groups in total. The molecule has 1 spiro atoms. The second-order valence-electron chi connectivity index (χ2n) is 27.8. The van der Waals surface area contributed by atoms with E-state index in [0.29, 0.717) is 0 Å². The van der Waals surface area contributed by atoms with Crippen LogP contribution < -0.4 is 9.80 Å². The minimum atomic E-state index is -0.638. The van der Waals surface area contributed by atoms with E-state index in [4.69, 9.17) is 0 Å². The molecule has 0 amide bonds. The summed E-state index contributed by atoms with van der Waals surface area (Å²) in [7, 11) is 0. The van der Waals surface area contributed by atoms with Crippen LogP contribution in [0, 0.1) is 0 Å². The Labute approximate surface area is 512 Å². The first-order valence-electron chi connectivity index (χ1n) is 31.6. The van der Waals surface area contributed by atoms with Gasteiger partial charge in [0.05, 0.1) is 16.8 Å². The topological polar surface area (TPSA) is 6.48 Å². The molecule has 1 unspecified atom stereocenters. The van der Waals surface area contributed by atoms with E-state index in [1.54, 1.807) is 0 Å². The van der Waals surface area contributed by atoms with Gasteiger partial charge in [-0.25, -0.2) is 0 Å². The SMILES string of the molecule is CC1(C)C2=C(CCC=C2)c2ccc(N(c3ccc4c(c3)C(C)(C)c3ccccc3-4)c3cccc4c3-c3ccccc3C43c4ccccc4-c4c(N(c5ccc6c(c5)C(C)(C)c5ccccc5-6)c5ccc6c(c5)C(C)(C)c5ccccc5-6)cccc43)cc21. The van der Waals surface area contributed by atoms with Crippen molar-refractivity contribution in [3.8, 4) is 55.6 Å². The monoisotopic (exact) mass is 1120 g/mol. The van der Waals surface area contributed by atoms with Crippen molar-refractivity contribution in [1.29, 1.82) is 0 Å². The molecule has 0 saturated carbocycles. The van der Waals surface area contributed by atoms with Gasteiger partial charge >= 0.3 is 0 Å². The van der Waals surface area contributed by atoms with Crippen molar-refractivity contribution < 1.29 is 0 Å². The summed E-state index contributed by atoms with van der Waals surface area (Å²) in [6.45, 7) is 19.3. The fourth-order valence-electron chi connectivity index (χ4n) is 18.0. The Morgan fingerprint density at radius 2 is 0.598 bits per heavy atom. The molecule has 7 aliphatic rings. The Morgan fingerprint density at radius 1 is 0.276 bits per heavy atom. The normalized spacial score (nSPS) is 18.3. The molecule has 87 heavy (non-hydrogen) atoms. The first-order valence-corrected chi connectivity index (χ1v) is 31.6. The van der Waals surface area contributed by atoms with Crippen LogP contribution in [0.2, 0.25) is 0 Å². The fraction of sp³-hybridized carbons (Fsp3) is 0.176. The fourth-order valence-corrected chi connectivity index (χ4v) is 18.0. The van der Waals surface area contributed by atoms with Crippen LogP contribution in [0.15, 0.2) is 248 Å². The lowest BCUT2D eigenvalue weighted by Crippen LogP contribution is -2.26. The molecule has 1 atom stereocenters. The molecule has 0 bridgehead atoms. The Kier molecular flexibility index (Phi) is 10.1. The van der Waals surface area contributed by atoms with Crippen LogP contribution in [-0.4, -0.2) is 0 Å². The van der Waals surface area contributed by atoms with Gasteiger partial charge in [0.15, 0.2) is 0 Å². The number of nitrogens with zero attached hydrogens (tertiary/aromatic N) is 2. The quantitative estimate of drug-likeness (QED) is 0.164. The van der Waals surface area contributed by atoms with Gasteiger partial charge < -0.3 is 9.80 Å². The molecule has 7 aliphatic carbocycles. The Balaban J connectivity index is 0.879. The van der Waals surface area contributed by atoms with Gasteiger partial charge in [0.2, 0.25) is 0 Å². The first-order chi connectivity index (χ1) is 42.2. The number of hydrogen-bond acceptors (Lipinski definition) is 2. The van der Waals surface area contributed by atoms with Crippen LogP contribution in [0.5, 0.6) is 0 Å². The summed E-state index contributed by atoms with van der Waals surface area (Å²) in [5.74, 6) is 0. The minimum absolute atomic E-state index is 0.134. The van der Waals surface area contributed by atoms with Crippen molar-refractivity contribution in [3.63, 3.8) is 0 Å². The van der Waals surface area contributed by atoms with E-state index >= 15 is 0 Å². The molecule has 0 radical (unpaired) electrons. The van der Waals surface area contributed by atoms with Crippen LogP contribution in [-0.2, 0) is 27.1 Å². The zero-order chi connectivity index (χ0) is 58.7. The predicted molar refractivity (Wildman–Crippen MR) is 363 cm³/mol. The summed E-state index contributed by atoms with van der Waals surface area (Å²) >= 11 is 0. The van der Waals surface area contributed by atoms with E-state index in [9.17, 15) is 0 Å². The smallest absolute Gasteiger partial charge is 0.0727 e. The average Bonchev–Trinajstić information content (AvgIpc) is 1.59. The molecular weight excluding hydrogens is 1050 g/mol. The van der Waals surface area contributed by atoms with Crippen LogP contribution in [0.25, 0.3) is 61.2 Å². The summed E-state index contributed by atoms with van der Waals surface area (Å²) in [6, 6.07) is 89.7. The lowest BCUT2D eigenvalue weighted by atomic mass is 9.70. The third-order valence-corrected chi connectivity index (χ3v) is 22.2. The van der Waals surface area contributed by atoms with Crippen LogP contribution in [0.1, 0.15) is 135 Å². The maximum atomic E-state index is 2.62. The number of fused-ring (bicyclic) bond motifs is 21. The highest BCUT2D eigenvalue weighted by Gasteiger charge is 2.54. The Bertz CT molecular complexity index is 4850. The van der Waals surface area contributed by atoms with E-state index in [0.717, 1.165) is 24.2 Å². The Hall–Kier alpha value is -9.50. The summed E-state index contributed by atoms with van der Waals surface area (Å²) in [6.07, 6.45) is 6.96. The number of hydrogen-bond donors (Lipinski definition) is 0. The molecule has 0 aliphatic heterocycles. The zero-order valence-electron chi connectivity index (χ0n) is 50.9. The highest BCUT2D eigenvalue weighted by molar-refractivity contribution is 6.05. The molecule has 0 aromatic heterocycles. The molecule has 0 heterocycles. The minimum Gasteiger partial charge on any atom is -0.310 e. The zero-order valence-corrected chi connectivity index (χ0v) is 50.9. The number of allylic oxidation sites excluding steroid dienone is 4. The molecule has 11 aromatic rings. The van der Waals surface area contributed by atoms with Gasteiger partial charge in [-0.15, -0.1) is 0 Å². The largest absolute Gasteiger partial charge is 0.310 e. The van der Waals surface area contributed by atoms with Gasteiger partial charge in [0.1, 0.15) is 0 Å². The summed E-state index contributed by atoms with van der Waals surface area (Å²) in [4.78, 5) is 5.23. The standard InChI is InChI=1S/C85H68N2/c1-81(2)65-29-15-9-23-55(65)59-43-39-51(47-73(59)81)86(52-40-44-60-56-24-10-16-30-66(56)82(3,4)74(60)48-52)77-37-21-35-71-79(77)63-27-13-19-33-69(63)85(71)70-34-20-14-28-64(70)80-72(85)36-22-38-78(80)87(53-41-45-61-57-25-11-17-31-67(57)83(5,6)75(61)49-53)54-42-46-62-58-26-12-18-32-68(58)84(7,8)76(62)50-54/h9-11,13-25,27-50H,12,26H2,1-8H3. The van der Waals surface area contributed by atoms with Crippen LogP contribution in [0.4, 0.5) is 34.1 Å². The maximum absolute atomic E-state index is 2.62. The van der Waals surface area contributed by atoms with Gasteiger partial charge in [-0.05, 0) is 196 Å². The summed E-state index contributed by atoms with van der Waals surface area (Å²) in [5, 5.41) is 0. The van der Waals surface area contributed by atoms with Crippen LogP contribution in [0.3, 0.4) is 0 Å². The molecular formula is C85H68N2.